The normalized spacial score (nSPS) is 14.7. The zero-order chi connectivity index (χ0) is 22.1. The van der Waals surface area contributed by atoms with E-state index in [1.54, 1.807) is 33.0 Å². The Bertz CT molecular complexity index is 1160. The lowest BCUT2D eigenvalue weighted by atomic mass is 10.2. The van der Waals surface area contributed by atoms with Gasteiger partial charge in [-0.1, -0.05) is 29.0 Å². The Kier molecular flexibility index (Phi) is 6.13. The number of amides is 1. The van der Waals surface area contributed by atoms with E-state index in [4.69, 9.17) is 16.3 Å². The third kappa shape index (κ3) is 4.97. The van der Waals surface area contributed by atoms with Gasteiger partial charge >= 0.3 is 6.09 Å². The highest BCUT2D eigenvalue weighted by Gasteiger charge is 2.22. The number of ether oxygens (including phenoxy) is 1. The second kappa shape index (κ2) is 8.44. The van der Waals surface area contributed by atoms with Crippen LogP contribution in [-0.4, -0.2) is 46.8 Å². The van der Waals surface area contributed by atoms with E-state index in [0.29, 0.717) is 34.2 Å². The topological polar surface area (TPSA) is 128 Å². The number of anilines is 2. The Labute approximate surface area is 179 Å². The van der Waals surface area contributed by atoms with E-state index in [0.717, 1.165) is 11.8 Å². The number of carbonyl (C=O) groups is 1. The number of pyridine rings is 1. The summed E-state index contributed by atoms with van der Waals surface area (Å²) >= 11 is 6.10. The summed E-state index contributed by atoms with van der Waals surface area (Å²) in [6.07, 6.45) is 4.28. The molecule has 2 aromatic rings. The maximum Gasteiger partial charge on any atom is 0.413 e. The zero-order valence-electron chi connectivity index (χ0n) is 16.8. The van der Waals surface area contributed by atoms with Gasteiger partial charge in [0.25, 0.3) is 0 Å². The third-order valence-electron chi connectivity index (χ3n) is 4.30. The van der Waals surface area contributed by atoms with Gasteiger partial charge in [0, 0.05) is 17.7 Å². The molecule has 12 heteroatoms. The molecule has 3 rings (SSSR count). The van der Waals surface area contributed by atoms with Crippen molar-refractivity contribution in [1.29, 1.82) is 0 Å². The average Bonchev–Trinajstić information content (AvgIpc) is 3.22. The molecular formula is C18H21ClN6O4S. The summed E-state index contributed by atoms with van der Waals surface area (Å²) in [6.45, 7) is 3.39. The van der Waals surface area contributed by atoms with Gasteiger partial charge in [-0.15, -0.1) is 5.10 Å². The van der Waals surface area contributed by atoms with Crippen LogP contribution < -0.4 is 10.0 Å². The lowest BCUT2D eigenvalue weighted by molar-refractivity contribution is 0.138. The van der Waals surface area contributed by atoms with Gasteiger partial charge in [0.05, 0.1) is 23.3 Å². The molecule has 160 valence electrons. The Hall–Kier alpha value is -2.92. The Balaban J connectivity index is 1.79. The molecule has 2 aromatic heterocycles. The van der Waals surface area contributed by atoms with E-state index < -0.39 is 22.2 Å². The van der Waals surface area contributed by atoms with Crippen LogP contribution in [0.3, 0.4) is 0 Å². The molecule has 1 aliphatic rings. The summed E-state index contributed by atoms with van der Waals surface area (Å²) in [5, 5.41) is 11.2. The first-order valence-electron chi connectivity index (χ1n) is 8.94. The minimum atomic E-state index is -3.43. The number of aromatic nitrogens is 4. The number of sulfonamides is 1. The lowest BCUT2D eigenvalue weighted by Gasteiger charge is -2.16. The van der Waals surface area contributed by atoms with E-state index in [9.17, 15) is 13.2 Å². The van der Waals surface area contributed by atoms with Crippen LogP contribution in [0, 0.1) is 6.92 Å². The zero-order valence-corrected chi connectivity index (χ0v) is 18.4. The van der Waals surface area contributed by atoms with Crippen molar-refractivity contribution in [2.75, 3.05) is 16.3 Å². The van der Waals surface area contributed by atoms with E-state index in [1.165, 1.54) is 4.68 Å². The van der Waals surface area contributed by atoms with Crippen LogP contribution in [0.15, 0.2) is 34.9 Å². The molecule has 0 saturated heterocycles. The van der Waals surface area contributed by atoms with Crippen LogP contribution in [0.4, 0.5) is 16.3 Å². The standard InChI is InChI=1S/C18H21ClN6O4S/c1-10-14(23-30(4,27)28)8-9-15(20-10)16-17(25(3)24-22-16)21-18(26)29-11(2)12-6-5-7-13(12)19/h6-9,11,23H,5H2,1-4H3,(H,21,26)/t11-/m1/s1. The predicted molar refractivity (Wildman–Crippen MR) is 114 cm³/mol. The fourth-order valence-corrected chi connectivity index (χ4v) is 3.82. The van der Waals surface area contributed by atoms with Crippen molar-refractivity contribution < 1.29 is 17.9 Å². The molecule has 0 saturated carbocycles. The van der Waals surface area contributed by atoms with Crippen molar-refractivity contribution >= 4 is 39.2 Å². The summed E-state index contributed by atoms with van der Waals surface area (Å²) < 4.78 is 32.1. The van der Waals surface area contributed by atoms with Gasteiger partial charge in [0.1, 0.15) is 6.10 Å². The van der Waals surface area contributed by atoms with Crippen LogP contribution in [0.25, 0.3) is 11.4 Å². The van der Waals surface area contributed by atoms with E-state index in [1.807, 2.05) is 12.2 Å². The van der Waals surface area contributed by atoms with Gasteiger partial charge in [-0.3, -0.25) is 10.0 Å². The molecule has 2 heterocycles. The van der Waals surface area contributed by atoms with Crippen LogP contribution >= 0.6 is 11.6 Å². The molecule has 10 nitrogen and oxygen atoms in total. The molecule has 0 bridgehead atoms. The molecule has 0 spiro atoms. The van der Waals surface area contributed by atoms with Gasteiger partial charge < -0.3 is 4.74 Å². The Morgan fingerprint density at radius 3 is 2.67 bits per heavy atom. The summed E-state index contributed by atoms with van der Waals surface area (Å²) in [5.41, 5.74) is 2.27. The first-order chi connectivity index (χ1) is 14.0. The van der Waals surface area contributed by atoms with Crippen molar-refractivity contribution in [3.63, 3.8) is 0 Å². The van der Waals surface area contributed by atoms with Crippen LogP contribution in [0.5, 0.6) is 0 Å². The van der Waals surface area contributed by atoms with Crippen LogP contribution in [0.1, 0.15) is 19.0 Å². The number of nitrogens with zero attached hydrogens (tertiary/aromatic N) is 4. The van der Waals surface area contributed by atoms with Crippen molar-refractivity contribution in [1.82, 2.24) is 20.0 Å². The van der Waals surface area contributed by atoms with Gasteiger partial charge in [-0.2, -0.15) is 0 Å². The summed E-state index contributed by atoms with van der Waals surface area (Å²) in [4.78, 5) is 16.8. The smallest absolute Gasteiger partial charge is 0.413 e. The molecule has 30 heavy (non-hydrogen) atoms. The average molecular weight is 453 g/mol. The summed E-state index contributed by atoms with van der Waals surface area (Å²) in [7, 11) is -1.82. The van der Waals surface area contributed by atoms with Gasteiger partial charge in [-0.25, -0.2) is 22.9 Å². The Morgan fingerprint density at radius 1 is 1.33 bits per heavy atom. The largest absolute Gasteiger partial charge is 0.441 e. The highest BCUT2D eigenvalue weighted by Crippen LogP contribution is 2.29. The quantitative estimate of drug-likeness (QED) is 0.689. The number of nitrogens with one attached hydrogen (secondary N) is 2. The minimum absolute atomic E-state index is 0.282. The molecule has 1 atom stereocenters. The second-order valence-corrected chi connectivity index (χ2v) is 8.89. The number of allylic oxidation sites excluding steroid dienone is 2. The number of carbonyl (C=O) groups excluding carboxylic acids is 1. The fourth-order valence-electron chi connectivity index (χ4n) is 2.89. The lowest BCUT2D eigenvalue weighted by Crippen LogP contribution is -2.23. The Morgan fingerprint density at radius 2 is 2.07 bits per heavy atom. The van der Waals surface area contributed by atoms with Crippen molar-refractivity contribution in [2.45, 2.75) is 26.4 Å². The SMILES string of the molecule is Cc1nc(-c2nnn(C)c2NC(=O)O[C@H](C)C2=CCC=C2Cl)ccc1NS(C)(=O)=O. The second-order valence-electron chi connectivity index (χ2n) is 6.73. The van der Waals surface area contributed by atoms with Crippen molar-refractivity contribution in [3.05, 3.63) is 40.6 Å². The van der Waals surface area contributed by atoms with E-state index in [2.05, 4.69) is 25.3 Å². The number of rotatable bonds is 6. The van der Waals surface area contributed by atoms with Gasteiger partial charge in [-0.05, 0) is 32.4 Å². The molecule has 0 unspecified atom stereocenters. The molecule has 0 fully saturated rings. The number of hydrogen-bond acceptors (Lipinski definition) is 7. The maximum atomic E-state index is 12.4. The molecule has 1 amide bonds. The fraction of sp³-hybridized carbons (Fsp3) is 0.333. The van der Waals surface area contributed by atoms with Gasteiger partial charge in [0.2, 0.25) is 10.0 Å². The van der Waals surface area contributed by atoms with Crippen molar-refractivity contribution in [3.8, 4) is 11.4 Å². The highest BCUT2D eigenvalue weighted by atomic mass is 35.5. The highest BCUT2D eigenvalue weighted by molar-refractivity contribution is 7.92. The molecule has 1 aliphatic carbocycles. The van der Waals surface area contributed by atoms with Gasteiger partial charge in [0.15, 0.2) is 11.5 Å². The number of hydrogen-bond donors (Lipinski definition) is 2. The maximum absolute atomic E-state index is 12.4. The van der Waals surface area contributed by atoms with Crippen LogP contribution in [-0.2, 0) is 21.8 Å². The number of aryl methyl sites for hydroxylation is 2. The van der Waals surface area contributed by atoms with E-state index >= 15 is 0 Å². The third-order valence-corrected chi connectivity index (χ3v) is 5.27. The minimum Gasteiger partial charge on any atom is -0.441 e. The molecular weight excluding hydrogens is 432 g/mol. The molecule has 0 aliphatic heterocycles. The van der Waals surface area contributed by atoms with Crippen molar-refractivity contribution in [2.24, 2.45) is 7.05 Å². The van der Waals surface area contributed by atoms with Crippen LogP contribution in [0.2, 0.25) is 0 Å². The summed E-state index contributed by atoms with van der Waals surface area (Å²) in [5.74, 6) is 0.282. The predicted octanol–water partition coefficient (Wildman–Crippen LogP) is 2.95. The van der Waals surface area contributed by atoms with E-state index in [-0.39, 0.29) is 5.82 Å². The monoisotopic (exact) mass is 452 g/mol. The molecule has 0 aromatic carbocycles. The molecule has 2 N–H and O–H groups in total. The first-order valence-corrected chi connectivity index (χ1v) is 11.2. The summed E-state index contributed by atoms with van der Waals surface area (Å²) in [6, 6.07) is 3.15. The number of halogens is 1. The first kappa shape index (κ1) is 21.8. The molecule has 0 radical (unpaired) electrons.